The number of nitrogens with zero attached hydrogens (tertiary/aromatic N) is 2. The van der Waals surface area contributed by atoms with Gasteiger partial charge in [0.2, 0.25) is 5.72 Å². The summed E-state index contributed by atoms with van der Waals surface area (Å²) in [6, 6.07) is 8.46. The average Bonchev–Trinajstić information content (AvgIpc) is 3.02. The van der Waals surface area contributed by atoms with E-state index in [9.17, 15) is 9.90 Å². The number of methoxy groups -OCH3 is 1. The Morgan fingerprint density at radius 1 is 1.38 bits per heavy atom. The van der Waals surface area contributed by atoms with E-state index in [-0.39, 0.29) is 5.92 Å². The van der Waals surface area contributed by atoms with Crippen molar-refractivity contribution in [1.82, 2.24) is 9.47 Å². The van der Waals surface area contributed by atoms with Crippen molar-refractivity contribution in [2.75, 3.05) is 20.2 Å². The summed E-state index contributed by atoms with van der Waals surface area (Å²) in [6.45, 7) is 4.43. The van der Waals surface area contributed by atoms with Crippen LogP contribution in [0.3, 0.4) is 0 Å². The molecule has 5 heteroatoms. The Balaban J connectivity index is 1.79. The summed E-state index contributed by atoms with van der Waals surface area (Å²) in [5.74, 6) is 0.375. The van der Waals surface area contributed by atoms with E-state index >= 15 is 0 Å². The second-order valence-electron chi connectivity index (χ2n) is 8.19. The summed E-state index contributed by atoms with van der Waals surface area (Å²) in [7, 11) is 1.37. The minimum Gasteiger partial charge on any atom is -0.465 e. The van der Waals surface area contributed by atoms with Crippen LogP contribution >= 0.6 is 0 Å². The van der Waals surface area contributed by atoms with Crippen LogP contribution in [-0.4, -0.2) is 40.7 Å². The van der Waals surface area contributed by atoms with Crippen LogP contribution in [0.4, 0.5) is 0 Å². The van der Waals surface area contributed by atoms with Crippen molar-refractivity contribution in [3.8, 4) is 0 Å². The quantitative estimate of drug-likeness (QED) is 0.843. The fourth-order valence-electron chi connectivity index (χ4n) is 5.84. The molecule has 1 N–H and O–H groups in total. The number of para-hydroxylation sites is 1. The van der Waals surface area contributed by atoms with Crippen LogP contribution < -0.4 is 0 Å². The molecule has 3 aliphatic rings. The van der Waals surface area contributed by atoms with Gasteiger partial charge < -0.3 is 14.4 Å². The van der Waals surface area contributed by atoms with Gasteiger partial charge in [0, 0.05) is 30.6 Å². The number of esters is 1. The molecular formula is C21H26N2O3. The molecule has 1 saturated heterocycles. The topological polar surface area (TPSA) is 54.7 Å². The van der Waals surface area contributed by atoms with Gasteiger partial charge in [-0.3, -0.25) is 4.90 Å². The molecule has 1 aromatic carbocycles. The largest absolute Gasteiger partial charge is 0.465 e. The number of ether oxygens (including phenoxy) is 1. The molecule has 0 radical (unpaired) electrons. The minimum atomic E-state index is -1.61. The highest BCUT2D eigenvalue weighted by molar-refractivity contribution is 5.89. The van der Waals surface area contributed by atoms with Gasteiger partial charge in [0.1, 0.15) is 0 Å². The summed E-state index contributed by atoms with van der Waals surface area (Å²) < 4.78 is 6.97. The number of hydrogen-bond donors (Lipinski definition) is 1. The maximum absolute atomic E-state index is 12.7. The molecule has 4 unspecified atom stereocenters. The zero-order valence-corrected chi connectivity index (χ0v) is 15.4. The molecule has 0 amide bonds. The van der Waals surface area contributed by atoms with Crippen LogP contribution in [0.5, 0.6) is 0 Å². The van der Waals surface area contributed by atoms with Crippen molar-refractivity contribution in [3.63, 3.8) is 0 Å². The second-order valence-corrected chi connectivity index (χ2v) is 8.19. The molecule has 138 valence electrons. The van der Waals surface area contributed by atoms with Crippen molar-refractivity contribution < 1.29 is 14.6 Å². The molecule has 4 atom stereocenters. The third kappa shape index (κ3) is 1.96. The molecule has 2 aromatic rings. The number of carbonyl (C=O) groups is 1. The number of carbonyl (C=O) groups excluding carboxylic acids is 1. The normalized spacial score (nSPS) is 33.1. The smallest absolute Gasteiger partial charge is 0.359 e. The monoisotopic (exact) mass is 354 g/mol. The molecule has 1 aromatic heterocycles. The lowest BCUT2D eigenvalue weighted by Crippen LogP contribution is -2.56. The number of aliphatic hydroxyl groups is 1. The SMILES string of the molecule is CCC1CC2CC(O)(C(=O)OC)n3c4c(c5ccccc53)CCN(C1)C42. The van der Waals surface area contributed by atoms with E-state index in [1.807, 2.05) is 22.8 Å². The van der Waals surface area contributed by atoms with Crippen molar-refractivity contribution in [2.45, 2.75) is 44.4 Å². The van der Waals surface area contributed by atoms with Gasteiger partial charge in [-0.25, -0.2) is 4.79 Å². The Hall–Kier alpha value is -1.85. The third-order valence-electron chi connectivity index (χ3n) is 6.92. The van der Waals surface area contributed by atoms with Crippen LogP contribution in [0, 0.1) is 11.8 Å². The Kier molecular flexibility index (Phi) is 3.50. The Morgan fingerprint density at radius 3 is 2.96 bits per heavy atom. The Bertz CT molecular complexity index is 889. The molecule has 0 aliphatic carbocycles. The highest BCUT2D eigenvalue weighted by atomic mass is 16.5. The summed E-state index contributed by atoms with van der Waals surface area (Å²) >= 11 is 0. The van der Waals surface area contributed by atoms with Crippen LogP contribution in [0.15, 0.2) is 24.3 Å². The first-order valence-corrected chi connectivity index (χ1v) is 9.76. The molecule has 1 fully saturated rings. The molecule has 0 bridgehead atoms. The van der Waals surface area contributed by atoms with Crippen molar-refractivity contribution >= 4 is 16.9 Å². The van der Waals surface area contributed by atoms with E-state index in [1.165, 1.54) is 18.1 Å². The lowest BCUT2D eigenvalue weighted by molar-refractivity contribution is -0.185. The van der Waals surface area contributed by atoms with Crippen LogP contribution in [-0.2, 0) is 21.7 Å². The molecule has 5 nitrogen and oxygen atoms in total. The van der Waals surface area contributed by atoms with Gasteiger partial charge in [-0.1, -0.05) is 31.5 Å². The van der Waals surface area contributed by atoms with Gasteiger partial charge in [0.15, 0.2) is 0 Å². The van der Waals surface area contributed by atoms with E-state index in [0.29, 0.717) is 18.4 Å². The van der Waals surface area contributed by atoms with Crippen LogP contribution in [0.25, 0.3) is 10.9 Å². The Morgan fingerprint density at radius 2 is 2.19 bits per heavy atom. The molecule has 3 aliphatic heterocycles. The average molecular weight is 354 g/mol. The first kappa shape index (κ1) is 16.3. The molecule has 0 spiro atoms. The highest BCUT2D eigenvalue weighted by Crippen LogP contribution is 2.53. The van der Waals surface area contributed by atoms with Gasteiger partial charge >= 0.3 is 5.97 Å². The summed E-state index contributed by atoms with van der Waals surface area (Å²) in [4.78, 5) is 15.3. The van der Waals surface area contributed by atoms with Gasteiger partial charge in [-0.15, -0.1) is 0 Å². The van der Waals surface area contributed by atoms with E-state index in [0.717, 1.165) is 43.6 Å². The minimum absolute atomic E-state index is 0.286. The van der Waals surface area contributed by atoms with Crippen molar-refractivity contribution in [3.05, 3.63) is 35.5 Å². The van der Waals surface area contributed by atoms with Crippen LogP contribution in [0.1, 0.15) is 43.5 Å². The number of benzene rings is 1. The van der Waals surface area contributed by atoms with Gasteiger partial charge in [-0.2, -0.15) is 0 Å². The highest BCUT2D eigenvalue weighted by Gasteiger charge is 2.55. The first-order chi connectivity index (χ1) is 12.6. The van der Waals surface area contributed by atoms with E-state index in [4.69, 9.17) is 4.74 Å². The number of rotatable bonds is 2. The van der Waals surface area contributed by atoms with Crippen molar-refractivity contribution in [2.24, 2.45) is 11.8 Å². The van der Waals surface area contributed by atoms with Gasteiger partial charge in [0.05, 0.1) is 18.7 Å². The van der Waals surface area contributed by atoms with E-state index < -0.39 is 11.7 Å². The summed E-state index contributed by atoms with van der Waals surface area (Å²) in [5.41, 5.74) is 1.80. The van der Waals surface area contributed by atoms with Crippen molar-refractivity contribution in [1.29, 1.82) is 0 Å². The Labute approximate surface area is 153 Å². The van der Waals surface area contributed by atoms with E-state index in [1.54, 1.807) is 0 Å². The number of piperidine rings is 1. The number of fused-ring (bicyclic) bond motifs is 3. The standard InChI is InChI=1S/C21H26N2O3/c1-3-13-10-14-11-21(25,20(24)26-2)23-17-7-5-4-6-15(17)16-8-9-22(12-13)18(14)19(16)23/h4-7,13-14,18,25H,3,8-12H2,1-2H3. The third-order valence-corrected chi connectivity index (χ3v) is 6.92. The van der Waals surface area contributed by atoms with Gasteiger partial charge in [0.25, 0.3) is 0 Å². The first-order valence-electron chi connectivity index (χ1n) is 9.76. The summed E-state index contributed by atoms with van der Waals surface area (Å²) in [6.07, 6.45) is 3.62. The maximum Gasteiger partial charge on any atom is 0.359 e. The second kappa shape index (κ2) is 5.57. The molecular weight excluding hydrogens is 328 g/mol. The zero-order chi connectivity index (χ0) is 18.1. The molecule has 26 heavy (non-hydrogen) atoms. The van der Waals surface area contributed by atoms with Gasteiger partial charge in [-0.05, 0) is 36.3 Å². The summed E-state index contributed by atoms with van der Waals surface area (Å²) in [5, 5.41) is 12.8. The fourth-order valence-corrected chi connectivity index (χ4v) is 5.84. The molecule has 0 saturated carbocycles. The predicted molar refractivity (Wildman–Crippen MR) is 98.7 cm³/mol. The zero-order valence-electron chi connectivity index (χ0n) is 15.4. The number of aromatic nitrogens is 1. The molecule has 4 heterocycles. The van der Waals surface area contributed by atoms with E-state index in [2.05, 4.69) is 17.9 Å². The van der Waals surface area contributed by atoms with Crippen LogP contribution in [0.2, 0.25) is 0 Å². The fraction of sp³-hybridized carbons (Fsp3) is 0.571. The predicted octanol–water partition coefficient (Wildman–Crippen LogP) is 2.81. The number of hydrogen-bond acceptors (Lipinski definition) is 4. The molecule has 5 rings (SSSR count). The maximum atomic E-state index is 12.7. The lowest BCUT2D eigenvalue weighted by atomic mass is 9.72. The lowest BCUT2D eigenvalue weighted by Gasteiger charge is -2.53.